The summed E-state index contributed by atoms with van der Waals surface area (Å²) >= 11 is 0. The zero-order chi connectivity index (χ0) is 19.6. The van der Waals surface area contributed by atoms with Gasteiger partial charge in [0.15, 0.2) is 11.6 Å². The van der Waals surface area contributed by atoms with Crippen LogP contribution >= 0.6 is 0 Å². The summed E-state index contributed by atoms with van der Waals surface area (Å²) < 4.78 is 49.2. The Morgan fingerprint density at radius 3 is 2.63 bits per heavy atom. The van der Waals surface area contributed by atoms with Crippen molar-refractivity contribution in [1.82, 2.24) is 15.5 Å². The molecule has 10 heteroatoms. The molecule has 148 valence electrons. The quantitative estimate of drug-likeness (QED) is 0.707. The number of rotatable bonds is 6. The molecule has 0 radical (unpaired) electrons. The van der Waals surface area contributed by atoms with E-state index in [-0.39, 0.29) is 28.6 Å². The van der Waals surface area contributed by atoms with E-state index in [1.165, 1.54) is 6.07 Å². The summed E-state index contributed by atoms with van der Waals surface area (Å²) in [4.78, 5) is 11.1. The molecule has 0 spiro atoms. The third kappa shape index (κ3) is 4.26. The van der Waals surface area contributed by atoms with E-state index < -0.39 is 23.9 Å². The highest BCUT2D eigenvalue weighted by Crippen LogP contribution is 2.38. The molecule has 1 atom stereocenters. The van der Waals surface area contributed by atoms with Crippen LogP contribution in [0.4, 0.5) is 18.9 Å². The van der Waals surface area contributed by atoms with Gasteiger partial charge in [0.05, 0.1) is 5.69 Å². The Kier molecular flexibility index (Phi) is 5.45. The van der Waals surface area contributed by atoms with Crippen LogP contribution in [-0.4, -0.2) is 35.9 Å². The first kappa shape index (κ1) is 19.3. The zero-order valence-corrected chi connectivity index (χ0v) is 14.9. The number of alkyl halides is 2. The first-order chi connectivity index (χ1) is 12.8. The van der Waals surface area contributed by atoms with Gasteiger partial charge in [-0.3, -0.25) is 0 Å². The highest BCUT2D eigenvalue weighted by Gasteiger charge is 2.33. The van der Waals surface area contributed by atoms with Crippen LogP contribution in [0.25, 0.3) is 11.5 Å². The van der Waals surface area contributed by atoms with Gasteiger partial charge in [-0.1, -0.05) is 6.92 Å². The fourth-order valence-corrected chi connectivity index (χ4v) is 3.22. The van der Waals surface area contributed by atoms with Gasteiger partial charge in [-0.05, 0) is 50.4 Å². The van der Waals surface area contributed by atoms with Gasteiger partial charge in [0, 0.05) is 11.6 Å². The van der Waals surface area contributed by atoms with E-state index in [1.807, 2.05) is 6.92 Å². The number of nitrogens with zero attached hydrogens (tertiary/aromatic N) is 1. The third-order valence-electron chi connectivity index (χ3n) is 5.10. The van der Waals surface area contributed by atoms with Crippen molar-refractivity contribution in [2.75, 3.05) is 18.4 Å². The number of benzene rings is 1. The summed E-state index contributed by atoms with van der Waals surface area (Å²) in [5, 5.41) is 12.1. The fraction of sp³-hybridized carbons (Fsp3) is 0.529. The second-order valence-corrected chi connectivity index (χ2v) is 6.90. The number of hydrogen-bond donors (Lipinski definition) is 3. The van der Waals surface area contributed by atoms with Crippen molar-refractivity contribution in [3.05, 3.63) is 28.5 Å². The largest absolute Gasteiger partial charge is 0.434 e. The number of anilines is 1. The first-order valence-corrected chi connectivity index (χ1v) is 8.60. The number of piperidine rings is 1. The Hall–Kier alpha value is -2.49. The van der Waals surface area contributed by atoms with Gasteiger partial charge in [0.2, 0.25) is 5.89 Å². The molecule has 1 fully saturated rings. The number of nitrogens with one attached hydrogen (secondary N) is 3. The summed E-state index contributed by atoms with van der Waals surface area (Å²) in [7, 11) is 0. The lowest BCUT2D eigenvalue weighted by molar-refractivity contribution is -0.0517. The van der Waals surface area contributed by atoms with Crippen molar-refractivity contribution >= 4 is 5.69 Å². The van der Waals surface area contributed by atoms with Crippen LogP contribution in [-0.2, 0) is 0 Å². The minimum atomic E-state index is -3.18. The van der Waals surface area contributed by atoms with Gasteiger partial charge in [0.25, 0.3) is 0 Å². The maximum absolute atomic E-state index is 14.5. The SMILES string of the molecule is CC(Nc1cc(-c2n[nH]c(=O)o2)cc(F)c1OC(F)F)C1(C)CCNCC1. The molecule has 1 aromatic carbocycles. The van der Waals surface area contributed by atoms with Gasteiger partial charge in [-0.2, -0.15) is 8.78 Å². The van der Waals surface area contributed by atoms with Crippen molar-refractivity contribution in [3.8, 4) is 17.2 Å². The Morgan fingerprint density at radius 2 is 2.04 bits per heavy atom. The Labute approximate surface area is 153 Å². The lowest BCUT2D eigenvalue weighted by Gasteiger charge is -2.40. The Bertz CT molecular complexity index is 846. The van der Waals surface area contributed by atoms with Crippen molar-refractivity contribution in [1.29, 1.82) is 0 Å². The smallest absolute Gasteiger partial charge is 0.429 e. The molecular formula is C17H21F3N4O3. The molecule has 2 aromatic rings. The summed E-state index contributed by atoms with van der Waals surface area (Å²) in [5.74, 6) is -2.55. The minimum absolute atomic E-state index is 0.0446. The predicted molar refractivity (Wildman–Crippen MR) is 92.4 cm³/mol. The molecule has 0 aliphatic carbocycles. The molecule has 3 rings (SSSR count). The second-order valence-electron chi connectivity index (χ2n) is 6.90. The van der Waals surface area contributed by atoms with E-state index in [0.29, 0.717) is 0 Å². The van der Waals surface area contributed by atoms with E-state index >= 15 is 0 Å². The lowest BCUT2D eigenvalue weighted by atomic mass is 9.75. The van der Waals surface area contributed by atoms with Crippen LogP contribution in [0, 0.1) is 11.2 Å². The number of H-pyrrole nitrogens is 1. The van der Waals surface area contributed by atoms with Crippen LogP contribution < -0.4 is 21.1 Å². The van der Waals surface area contributed by atoms with Gasteiger partial charge in [0.1, 0.15) is 0 Å². The van der Waals surface area contributed by atoms with Crippen molar-refractivity contribution in [3.63, 3.8) is 0 Å². The average Bonchev–Trinajstić information content (AvgIpc) is 3.04. The molecule has 0 saturated carbocycles. The summed E-state index contributed by atoms with van der Waals surface area (Å²) in [5.41, 5.74) is 0.0551. The van der Waals surface area contributed by atoms with Crippen LogP contribution in [0.5, 0.6) is 5.75 Å². The number of hydrogen-bond acceptors (Lipinski definition) is 6. The fourth-order valence-electron chi connectivity index (χ4n) is 3.22. The van der Waals surface area contributed by atoms with E-state index in [9.17, 15) is 18.0 Å². The van der Waals surface area contributed by atoms with E-state index in [1.54, 1.807) is 0 Å². The standard InChI is InChI=1S/C17H21F3N4O3/c1-9(17(2)3-5-21-6-4-17)22-12-8-10(14-23-24-16(25)27-14)7-11(18)13(12)26-15(19)20/h7-9,15,21-22H,3-6H2,1-2H3,(H,24,25). The molecule has 3 N–H and O–H groups in total. The van der Waals surface area contributed by atoms with E-state index in [0.717, 1.165) is 32.0 Å². The molecule has 1 saturated heterocycles. The van der Waals surface area contributed by atoms with Crippen molar-refractivity contribution in [2.24, 2.45) is 5.41 Å². The number of aromatic amines is 1. The summed E-state index contributed by atoms with van der Waals surface area (Å²) in [6.45, 7) is 2.51. The molecule has 2 heterocycles. The van der Waals surface area contributed by atoms with Gasteiger partial charge >= 0.3 is 12.4 Å². The third-order valence-corrected chi connectivity index (χ3v) is 5.10. The summed E-state index contributed by atoms with van der Waals surface area (Å²) in [6, 6.07) is 2.15. The van der Waals surface area contributed by atoms with Crippen LogP contribution in [0.1, 0.15) is 26.7 Å². The van der Waals surface area contributed by atoms with E-state index in [2.05, 4.69) is 32.5 Å². The number of halogens is 3. The maximum atomic E-state index is 14.5. The molecule has 7 nitrogen and oxygen atoms in total. The molecular weight excluding hydrogens is 365 g/mol. The van der Waals surface area contributed by atoms with Gasteiger partial charge in [-0.25, -0.2) is 14.3 Å². The highest BCUT2D eigenvalue weighted by atomic mass is 19.3. The minimum Gasteiger partial charge on any atom is -0.429 e. The van der Waals surface area contributed by atoms with Crippen LogP contribution in [0.3, 0.4) is 0 Å². The molecule has 1 unspecified atom stereocenters. The molecule has 0 bridgehead atoms. The molecule has 1 aromatic heterocycles. The van der Waals surface area contributed by atoms with E-state index in [4.69, 9.17) is 4.42 Å². The lowest BCUT2D eigenvalue weighted by Crippen LogP contribution is -2.44. The van der Waals surface area contributed by atoms with Crippen LogP contribution in [0.2, 0.25) is 0 Å². The maximum Gasteiger partial charge on any atom is 0.434 e. The second kappa shape index (κ2) is 7.63. The zero-order valence-electron chi connectivity index (χ0n) is 14.9. The van der Waals surface area contributed by atoms with Crippen molar-refractivity contribution < 1.29 is 22.3 Å². The normalized spacial score (nSPS) is 17.7. The highest BCUT2D eigenvalue weighted by molar-refractivity contribution is 5.68. The van der Waals surface area contributed by atoms with Gasteiger partial charge in [-0.15, -0.1) is 5.10 Å². The average molecular weight is 386 g/mol. The molecule has 1 aliphatic rings. The topological polar surface area (TPSA) is 92.2 Å². The summed E-state index contributed by atoms with van der Waals surface area (Å²) in [6.07, 6.45) is 1.76. The van der Waals surface area contributed by atoms with Crippen molar-refractivity contribution in [2.45, 2.75) is 39.3 Å². The predicted octanol–water partition coefficient (Wildman–Crippen LogP) is 2.96. The number of ether oxygens (including phenoxy) is 1. The molecule has 27 heavy (non-hydrogen) atoms. The number of aromatic nitrogens is 2. The Balaban J connectivity index is 1.97. The van der Waals surface area contributed by atoms with Crippen LogP contribution in [0.15, 0.2) is 21.3 Å². The molecule has 1 aliphatic heterocycles. The first-order valence-electron chi connectivity index (χ1n) is 8.60. The Morgan fingerprint density at radius 1 is 1.33 bits per heavy atom. The molecule has 0 amide bonds. The monoisotopic (exact) mass is 386 g/mol. The van der Waals surface area contributed by atoms with Gasteiger partial charge < -0.3 is 19.8 Å².